The van der Waals surface area contributed by atoms with Crippen LogP contribution in [0.2, 0.25) is 0 Å². The van der Waals surface area contributed by atoms with E-state index in [0.717, 1.165) is 23.4 Å². The Morgan fingerprint density at radius 2 is 1.72 bits per heavy atom. The Bertz CT molecular complexity index is 411. The molecule has 0 saturated carbocycles. The van der Waals surface area contributed by atoms with Gasteiger partial charge in [-0.2, -0.15) is 0 Å². The number of ether oxygens (including phenoxy) is 1. The van der Waals surface area contributed by atoms with E-state index in [1.165, 1.54) is 0 Å². The molecular formula is C12H15Cl3O2S. The quantitative estimate of drug-likeness (QED) is 0.550. The summed E-state index contributed by atoms with van der Waals surface area (Å²) in [6.45, 7) is 6.28. The molecule has 6 heteroatoms. The van der Waals surface area contributed by atoms with Crippen LogP contribution >= 0.6 is 46.8 Å². The standard InChI is InChI=1S/C12H15Cl3O2S/c1-11(2,3)9-7-8(5-6-10(9)16-4)17-18-12(13,14)15/h5-7H,1-4H3. The third kappa shape index (κ3) is 4.96. The SMILES string of the molecule is COc1ccc(OSC(Cl)(Cl)Cl)cc1C(C)(C)C. The zero-order valence-electron chi connectivity index (χ0n) is 10.6. The number of hydrogen-bond donors (Lipinski definition) is 0. The van der Waals surface area contributed by atoms with E-state index in [4.69, 9.17) is 43.7 Å². The second kappa shape index (κ2) is 6.00. The number of benzene rings is 1. The average molecular weight is 330 g/mol. The molecule has 0 N–H and O–H groups in total. The summed E-state index contributed by atoms with van der Waals surface area (Å²) in [6, 6.07) is 5.51. The van der Waals surface area contributed by atoms with Gasteiger partial charge in [-0.3, -0.25) is 0 Å². The molecule has 0 bridgehead atoms. The van der Waals surface area contributed by atoms with E-state index in [1.54, 1.807) is 13.2 Å². The van der Waals surface area contributed by atoms with Gasteiger partial charge in [-0.1, -0.05) is 55.6 Å². The normalized spacial score (nSPS) is 12.4. The molecule has 2 nitrogen and oxygen atoms in total. The van der Waals surface area contributed by atoms with E-state index in [-0.39, 0.29) is 5.41 Å². The lowest BCUT2D eigenvalue weighted by Gasteiger charge is -2.22. The molecule has 0 unspecified atom stereocenters. The molecule has 0 radical (unpaired) electrons. The number of hydrogen-bond acceptors (Lipinski definition) is 3. The summed E-state index contributed by atoms with van der Waals surface area (Å²) >= 11 is 17.6. The van der Waals surface area contributed by atoms with Gasteiger partial charge in [0, 0.05) is 5.56 Å². The van der Waals surface area contributed by atoms with Crippen molar-refractivity contribution in [1.29, 1.82) is 0 Å². The van der Waals surface area contributed by atoms with Crippen molar-refractivity contribution in [2.75, 3.05) is 7.11 Å². The van der Waals surface area contributed by atoms with Crippen molar-refractivity contribution in [1.82, 2.24) is 0 Å². The topological polar surface area (TPSA) is 18.5 Å². The van der Waals surface area contributed by atoms with E-state index < -0.39 is 3.12 Å². The summed E-state index contributed by atoms with van der Waals surface area (Å²) in [5.74, 6) is 1.44. The Hall–Kier alpha value is 0.0400. The van der Waals surface area contributed by atoms with Gasteiger partial charge in [0.05, 0.1) is 7.11 Å². The van der Waals surface area contributed by atoms with Crippen molar-refractivity contribution in [2.45, 2.75) is 29.3 Å². The summed E-state index contributed by atoms with van der Waals surface area (Å²) in [4.78, 5) is 0. The van der Waals surface area contributed by atoms with Gasteiger partial charge >= 0.3 is 0 Å². The van der Waals surface area contributed by atoms with Crippen molar-refractivity contribution < 1.29 is 8.92 Å². The fourth-order valence-electron chi connectivity index (χ4n) is 1.42. The first-order chi connectivity index (χ1) is 8.13. The van der Waals surface area contributed by atoms with Crippen LogP contribution in [0.25, 0.3) is 0 Å². The third-order valence-corrected chi connectivity index (χ3v) is 3.24. The first-order valence-corrected chi connectivity index (χ1v) is 7.12. The van der Waals surface area contributed by atoms with Crippen LogP contribution < -0.4 is 8.92 Å². The van der Waals surface area contributed by atoms with Crippen LogP contribution in [-0.4, -0.2) is 10.2 Å². The smallest absolute Gasteiger partial charge is 0.274 e. The van der Waals surface area contributed by atoms with Crippen molar-refractivity contribution in [3.8, 4) is 11.5 Å². The monoisotopic (exact) mass is 328 g/mol. The lowest BCUT2D eigenvalue weighted by Crippen LogP contribution is -2.13. The van der Waals surface area contributed by atoms with Gasteiger partial charge < -0.3 is 8.92 Å². The van der Waals surface area contributed by atoms with Crippen molar-refractivity contribution in [2.24, 2.45) is 0 Å². The molecule has 0 spiro atoms. The van der Waals surface area contributed by atoms with Crippen LogP contribution in [-0.2, 0) is 5.41 Å². The highest BCUT2D eigenvalue weighted by molar-refractivity contribution is 8.00. The van der Waals surface area contributed by atoms with Gasteiger partial charge in [-0.05, 0) is 23.6 Å². The fraction of sp³-hybridized carbons (Fsp3) is 0.500. The van der Waals surface area contributed by atoms with Crippen LogP contribution in [0.3, 0.4) is 0 Å². The number of rotatable bonds is 3. The van der Waals surface area contributed by atoms with Gasteiger partial charge in [0.1, 0.15) is 23.5 Å². The molecule has 0 atom stereocenters. The van der Waals surface area contributed by atoms with Crippen molar-refractivity contribution >= 4 is 46.8 Å². The summed E-state index contributed by atoms with van der Waals surface area (Å²) in [5, 5.41) is 0. The third-order valence-electron chi connectivity index (χ3n) is 2.21. The minimum absolute atomic E-state index is 0.0602. The summed E-state index contributed by atoms with van der Waals surface area (Å²) in [7, 11) is 1.64. The molecule has 0 aromatic heterocycles. The zero-order chi connectivity index (χ0) is 14.0. The minimum Gasteiger partial charge on any atom is -0.496 e. The van der Waals surface area contributed by atoms with Crippen molar-refractivity contribution in [3.63, 3.8) is 0 Å². The summed E-state index contributed by atoms with van der Waals surface area (Å²) < 4.78 is 9.20. The summed E-state index contributed by atoms with van der Waals surface area (Å²) in [5.41, 5.74) is 0.974. The van der Waals surface area contributed by atoms with Crippen LogP contribution in [0, 0.1) is 0 Å². The molecule has 0 aliphatic heterocycles. The average Bonchev–Trinajstić information content (AvgIpc) is 2.24. The molecular weight excluding hydrogens is 315 g/mol. The molecule has 0 amide bonds. The van der Waals surface area contributed by atoms with Crippen LogP contribution in [0.4, 0.5) is 0 Å². The van der Waals surface area contributed by atoms with Gasteiger partial charge in [0.15, 0.2) is 0 Å². The molecule has 1 aromatic carbocycles. The number of alkyl halides is 3. The molecule has 1 rings (SSSR count). The highest BCUT2D eigenvalue weighted by atomic mass is 35.6. The van der Waals surface area contributed by atoms with Gasteiger partial charge in [0.25, 0.3) is 3.12 Å². The van der Waals surface area contributed by atoms with Gasteiger partial charge in [-0.15, -0.1) is 0 Å². The van der Waals surface area contributed by atoms with Crippen LogP contribution in [0.15, 0.2) is 18.2 Å². The van der Waals surface area contributed by atoms with E-state index in [9.17, 15) is 0 Å². The molecule has 0 heterocycles. The van der Waals surface area contributed by atoms with E-state index in [0.29, 0.717) is 5.75 Å². The lowest BCUT2D eigenvalue weighted by molar-refractivity contribution is 0.396. The molecule has 0 aliphatic rings. The van der Waals surface area contributed by atoms with E-state index >= 15 is 0 Å². The minimum atomic E-state index is -1.50. The van der Waals surface area contributed by atoms with Crippen molar-refractivity contribution in [3.05, 3.63) is 23.8 Å². The largest absolute Gasteiger partial charge is 0.496 e. The first-order valence-electron chi connectivity index (χ1n) is 5.24. The Kier molecular flexibility index (Phi) is 5.36. The predicted octanol–water partition coefficient (Wildman–Crippen LogP) is 5.35. The number of halogens is 3. The lowest BCUT2D eigenvalue weighted by atomic mass is 9.86. The molecule has 1 aromatic rings. The maximum atomic E-state index is 5.62. The summed E-state index contributed by atoms with van der Waals surface area (Å²) in [6.07, 6.45) is 0. The Labute approximate surface area is 127 Å². The highest BCUT2D eigenvalue weighted by Crippen LogP contribution is 2.41. The van der Waals surface area contributed by atoms with E-state index in [2.05, 4.69) is 20.8 Å². The van der Waals surface area contributed by atoms with Crippen LogP contribution in [0.5, 0.6) is 11.5 Å². The fourth-order valence-corrected chi connectivity index (χ4v) is 2.00. The van der Waals surface area contributed by atoms with E-state index in [1.807, 2.05) is 12.1 Å². The zero-order valence-corrected chi connectivity index (χ0v) is 13.7. The van der Waals surface area contributed by atoms with Crippen LogP contribution in [0.1, 0.15) is 26.3 Å². The molecule has 0 aliphatic carbocycles. The Morgan fingerprint density at radius 1 is 1.11 bits per heavy atom. The maximum absolute atomic E-state index is 5.62. The maximum Gasteiger partial charge on any atom is 0.274 e. The molecule has 0 fully saturated rings. The Morgan fingerprint density at radius 3 is 2.17 bits per heavy atom. The second-order valence-electron chi connectivity index (χ2n) is 4.72. The van der Waals surface area contributed by atoms with Gasteiger partial charge in [-0.25, -0.2) is 0 Å². The highest BCUT2D eigenvalue weighted by Gasteiger charge is 2.24. The second-order valence-corrected chi connectivity index (χ2v) is 8.62. The van der Waals surface area contributed by atoms with Gasteiger partial charge in [0.2, 0.25) is 0 Å². The predicted molar refractivity (Wildman–Crippen MR) is 80.2 cm³/mol. The number of methoxy groups -OCH3 is 1. The first kappa shape index (κ1) is 16.1. The Balaban J connectivity index is 2.97. The molecule has 18 heavy (non-hydrogen) atoms. The molecule has 102 valence electrons. The molecule has 0 saturated heterocycles.